The highest BCUT2D eigenvalue weighted by molar-refractivity contribution is 7.87. The molecule has 0 aliphatic carbocycles. The summed E-state index contributed by atoms with van der Waals surface area (Å²) < 4.78 is 55.1. The highest BCUT2D eigenvalue weighted by Crippen LogP contribution is 2.35. The predicted octanol–water partition coefficient (Wildman–Crippen LogP) is 1.91. The lowest BCUT2D eigenvalue weighted by atomic mass is 9.88. The molecule has 3 rings (SSSR count). The number of ether oxygens (including phenoxy) is 1. The van der Waals surface area contributed by atoms with E-state index in [0.717, 1.165) is 5.56 Å². The Labute approximate surface area is 174 Å². The van der Waals surface area contributed by atoms with E-state index in [1.165, 1.54) is 10.4 Å². The fourth-order valence-corrected chi connectivity index (χ4v) is 5.28. The molecule has 1 aromatic carbocycles. The van der Waals surface area contributed by atoms with Crippen molar-refractivity contribution in [3.05, 3.63) is 51.1 Å². The standard InChI is InChI=1S/C19H27FN4O5S/c1-11-5-6-15(20)16(12(11)2)13(3)17(18-21-22-19(25)29-18)23-30(26,27)24-9-7-14(28-4)8-10-24/h5-6,13-14,17,23H,7-10H2,1-4H3,(H,22,25)/t13-,17-/m0/s1. The van der Waals surface area contributed by atoms with Gasteiger partial charge in [-0.3, -0.25) is 0 Å². The molecule has 0 saturated carbocycles. The molecule has 2 aromatic rings. The summed E-state index contributed by atoms with van der Waals surface area (Å²) in [5.41, 5.74) is 1.90. The molecule has 0 spiro atoms. The minimum atomic E-state index is -3.95. The minimum Gasteiger partial charge on any atom is -0.391 e. The van der Waals surface area contributed by atoms with Gasteiger partial charge in [0.05, 0.1) is 6.10 Å². The van der Waals surface area contributed by atoms with Crippen LogP contribution < -0.4 is 10.5 Å². The number of rotatable bonds is 7. The number of aryl methyl sites for hydroxylation is 1. The van der Waals surface area contributed by atoms with Crippen LogP contribution in [0.2, 0.25) is 0 Å². The molecule has 2 N–H and O–H groups in total. The lowest BCUT2D eigenvalue weighted by Crippen LogP contribution is -2.48. The molecule has 11 heteroatoms. The van der Waals surface area contributed by atoms with Crippen LogP contribution in [0.3, 0.4) is 0 Å². The maximum Gasteiger partial charge on any atom is 0.434 e. The summed E-state index contributed by atoms with van der Waals surface area (Å²) in [4.78, 5) is 11.5. The summed E-state index contributed by atoms with van der Waals surface area (Å²) in [6, 6.07) is 1.93. The van der Waals surface area contributed by atoms with Crippen molar-refractivity contribution in [1.29, 1.82) is 0 Å². The quantitative estimate of drug-likeness (QED) is 0.676. The van der Waals surface area contributed by atoms with Crippen LogP contribution >= 0.6 is 0 Å². The van der Waals surface area contributed by atoms with Gasteiger partial charge in [-0.05, 0) is 49.4 Å². The Morgan fingerprint density at radius 2 is 2.00 bits per heavy atom. The molecule has 1 fully saturated rings. The molecule has 2 heterocycles. The van der Waals surface area contributed by atoms with Crippen molar-refractivity contribution in [3.63, 3.8) is 0 Å². The maximum absolute atomic E-state index is 14.7. The van der Waals surface area contributed by atoms with Gasteiger partial charge in [0, 0.05) is 26.1 Å². The number of hydrogen-bond acceptors (Lipinski definition) is 6. The van der Waals surface area contributed by atoms with Crippen LogP contribution in [0.15, 0.2) is 21.3 Å². The van der Waals surface area contributed by atoms with Gasteiger partial charge >= 0.3 is 5.76 Å². The van der Waals surface area contributed by atoms with Crippen LogP contribution in [-0.2, 0) is 14.9 Å². The van der Waals surface area contributed by atoms with Crippen LogP contribution in [0.25, 0.3) is 0 Å². The molecule has 0 bridgehead atoms. The number of H-pyrrole nitrogens is 1. The second kappa shape index (κ2) is 8.96. The zero-order chi connectivity index (χ0) is 22.1. The summed E-state index contributed by atoms with van der Waals surface area (Å²) in [5, 5.41) is 5.95. The number of hydrogen-bond donors (Lipinski definition) is 2. The zero-order valence-corrected chi connectivity index (χ0v) is 18.3. The molecule has 1 saturated heterocycles. The fraction of sp³-hybridized carbons (Fsp3) is 0.579. The van der Waals surface area contributed by atoms with Crippen LogP contribution in [0.5, 0.6) is 0 Å². The second-order valence-corrected chi connectivity index (χ2v) is 9.28. The van der Waals surface area contributed by atoms with Gasteiger partial charge in [0.2, 0.25) is 5.89 Å². The third-order valence-electron chi connectivity index (χ3n) is 5.76. The number of halogens is 1. The topological polar surface area (TPSA) is 118 Å². The van der Waals surface area contributed by atoms with Crippen molar-refractivity contribution in [2.45, 2.75) is 51.7 Å². The minimum absolute atomic E-state index is 0.0135. The lowest BCUT2D eigenvalue weighted by molar-refractivity contribution is 0.0600. The third-order valence-corrected chi connectivity index (χ3v) is 7.36. The monoisotopic (exact) mass is 442 g/mol. The van der Waals surface area contributed by atoms with Crippen molar-refractivity contribution in [2.75, 3.05) is 20.2 Å². The second-order valence-electron chi connectivity index (χ2n) is 7.58. The van der Waals surface area contributed by atoms with E-state index in [9.17, 15) is 17.6 Å². The molecule has 1 aliphatic heterocycles. The summed E-state index contributed by atoms with van der Waals surface area (Å²) in [7, 11) is -2.35. The van der Waals surface area contributed by atoms with E-state index in [2.05, 4.69) is 14.9 Å². The lowest BCUT2D eigenvalue weighted by Gasteiger charge is -2.32. The van der Waals surface area contributed by atoms with Crippen LogP contribution in [0.4, 0.5) is 4.39 Å². The summed E-state index contributed by atoms with van der Waals surface area (Å²) in [6.07, 6.45) is 1.15. The number of nitrogens with one attached hydrogen (secondary N) is 2. The Balaban J connectivity index is 1.95. The predicted molar refractivity (Wildman–Crippen MR) is 108 cm³/mol. The van der Waals surface area contributed by atoms with Gasteiger partial charge in [-0.2, -0.15) is 17.4 Å². The Hall–Kier alpha value is -2.08. The van der Waals surface area contributed by atoms with E-state index in [4.69, 9.17) is 9.15 Å². The summed E-state index contributed by atoms with van der Waals surface area (Å²) in [6.45, 7) is 5.86. The van der Waals surface area contributed by atoms with E-state index in [1.54, 1.807) is 27.0 Å². The number of piperidine rings is 1. The van der Waals surface area contributed by atoms with E-state index >= 15 is 0 Å². The van der Waals surface area contributed by atoms with E-state index in [-0.39, 0.29) is 25.1 Å². The van der Waals surface area contributed by atoms with Crippen LogP contribution in [0.1, 0.15) is 54.3 Å². The normalized spacial score (nSPS) is 18.4. The fourth-order valence-electron chi connectivity index (χ4n) is 3.81. The molecular weight excluding hydrogens is 415 g/mol. The molecular formula is C19H27FN4O5S. The number of methoxy groups -OCH3 is 1. The number of aromatic nitrogens is 2. The smallest absolute Gasteiger partial charge is 0.391 e. The first-order chi connectivity index (χ1) is 14.1. The van der Waals surface area contributed by atoms with Crippen LogP contribution in [0, 0.1) is 19.7 Å². The molecule has 30 heavy (non-hydrogen) atoms. The molecule has 166 valence electrons. The molecule has 1 aliphatic rings. The molecule has 9 nitrogen and oxygen atoms in total. The number of benzene rings is 1. The van der Waals surface area contributed by atoms with Crippen molar-refractivity contribution in [1.82, 2.24) is 19.2 Å². The number of nitrogens with zero attached hydrogens (tertiary/aromatic N) is 2. The number of aromatic amines is 1. The average Bonchev–Trinajstić information content (AvgIpc) is 3.15. The first-order valence-electron chi connectivity index (χ1n) is 9.75. The van der Waals surface area contributed by atoms with Crippen molar-refractivity contribution < 1.29 is 22.0 Å². The Bertz CT molecular complexity index is 1040. The molecule has 1 aromatic heterocycles. The van der Waals surface area contributed by atoms with Gasteiger partial charge < -0.3 is 9.15 Å². The largest absolute Gasteiger partial charge is 0.434 e. The van der Waals surface area contributed by atoms with Crippen molar-refractivity contribution in [2.24, 2.45) is 0 Å². The van der Waals surface area contributed by atoms with Gasteiger partial charge in [0.15, 0.2) is 0 Å². The Kier molecular flexibility index (Phi) is 6.75. The van der Waals surface area contributed by atoms with Gasteiger partial charge in [-0.1, -0.05) is 13.0 Å². The van der Waals surface area contributed by atoms with Gasteiger partial charge in [0.1, 0.15) is 11.9 Å². The van der Waals surface area contributed by atoms with Gasteiger partial charge in [-0.15, -0.1) is 5.10 Å². The van der Waals surface area contributed by atoms with Gasteiger partial charge in [-0.25, -0.2) is 14.3 Å². The molecule has 0 amide bonds. The van der Waals surface area contributed by atoms with E-state index in [0.29, 0.717) is 24.0 Å². The first-order valence-corrected chi connectivity index (χ1v) is 11.2. The molecule has 2 atom stereocenters. The first kappa shape index (κ1) is 22.6. The highest BCUT2D eigenvalue weighted by atomic mass is 32.2. The van der Waals surface area contributed by atoms with Crippen molar-refractivity contribution >= 4 is 10.2 Å². The zero-order valence-electron chi connectivity index (χ0n) is 17.4. The average molecular weight is 443 g/mol. The highest BCUT2D eigenvalue weighted by Gasteiger charge is 2.36. The summed E-state index contributed by atoms with van der Waals surface area (Å²) >= 11 is 0. The van der Waals surface area contributed by atoms with E-state index < -0.39 is 33.7 Å². The molecule has 0 unspecified atom stereocenters. The Morgan fingerprint density at radius 1 is 1.33 bits per heavy atom. The van der Waals surface area contributed by atoms with Crippen molar-refractivity contribution in [3.8, 4) is 0 Å². The Morgan fingerprint density at radius 3 is 2.57 bits per heavy atom. The van der Waals surface area contributed by atoms with Crippen LogP contribution in [-0.4, -0.2) is 49.2 Å². The summed E-state index contributed by atoms with van der Waals surface area (Å²) in [5.74, 6) is -2.12. The SMILES string of the molecule is COC1CCN(S(=O)(=O)N[C@H](c2n[nH]c(=O)o2)[C@@H](C)c2c(F)ccc(C)c2C)CC1. The van der Waals surface area contributed by atoms with Gasteiger partial charge in [0.25, 0.3) is 10.2 Å². The maximum atomic E-state index is 14.7. The third kappa shape index (κ3) is 4.64. The molecule has 0 radical (unpaired) electrons. The van der Waals surface area contributed by atoms with E-state index in [1.807, 2.05) is 6.92 Å².